The molecule has 0 bridgehead atoms. The van der Waals surface area contributed by atoms with Gasteiger partial charge < -0.3 is 10.6 Å². The number of hydrogen-bond donors (Lipinski definition) is 2. The monoisotopic (exact) mass is 297 g/mol. The number of hydrogen-bond acceptors (Lipinski definition) is 4. The minimum absolute atomic E-state index is 0.271. The number of nitrogens with one attached hydrogen (secondary N) is 1. The average molecular weight is 297 g/mol. The lowest BCUT2D eigenvalue weighted by Gasteiger charge is -2.32. The summed E-state index contributed by atoms with van der Waals surface area (Å²) in [6.07, 6.45) is 3.19. The van der Waals surface area contributed by atoms with Crippen LogP contribution in [0.2, 0.25) is 0 Å². The van der Waals surface area contributed by atoms with Crippen molar-refractivity contribution in [3.63, 3.8) is 0 Å². The largest absolute Gasteiger partial charge is 0.399 e. The van der Waals surface area contributed by atoms with Gasteiger partial charge in [-0.3, -0.25) is 0 Å². The fraction of sp³-hybridized carbons (Fsp3) is 0.571. The Morgan fingerprint density at radius 2 is 2.10 bits per heavy atom. The van der Waals surface area contributed by atoms with Gasteiger partial charge in [-0.05, 0) is 51.4 Å². The molecule has 1 aliphatic rings. The molecule has 6 heteroatoms. The quantitative estimate of drug-likeness (QED) is 0.833. The predicted molar refractivity (Wildman–Crippen MR) is 82.4 cm³/mol. The van der Waals surface area contributed by atoms with E-state index in [9.17, 15) is 8.42 Å². The lowest BCUT2D eigenvalue weighted by Crippen LogP contribution is -2.36. The molecule has 0 saturated carbocycles. The lowest BCUT2D eigenvalue weighted by atomic mass is 10.1. The second kappa shape index (κ2) is 5.61. The van der Waals surface area contributed by atoms with Crippen LogP contribution in [0.25, 0.3) is 0 Å². The molecule has 2 unspecified atom stereocenters. The van der Waals surface area contributed by atoms with Crippen molar-refractivity contribution in [2.75, 3.05) is 17.7 Å². The van der Waals surface area contributed by atoms with E-state index < -0.39 is 10.0 Å². The average Bonchev–Trinajstić information content (AvgIpc) is 2.80. The highest BCUT2D eigenvalue weighted by Gasteiger charge is 2.33. The predicted octanol–water partition coefficient (Wildman–Crippen LogP) is 1.94. The van der Waals surface area contributed by atoms with Gasteiger partial charge in [-0.15, -0.1) is 0 Å². The Bertz CT molecular complexity index is 586. The second-order valence-electron chi connectivity index (χ2n) is 5.33. The van der Waals surface area contributed by atoms with Gasteiger partial charge >= 0.3 is 0 Å². The van der Waals surface area contributed by atoms with Crippen LogP contribution in [-0.2, 0) is 10.0 Å². The molecule has 0 amide bonds. The summed E-state index contributed by atoms with van der Waals surface area (Å²) in [6, 6.07) is 5.86. The zero-order valence-corrected chi connectivity index (χ0v) is 13.1. The minimum Gasteiger partial charge on any atom is -0.399 e. The van der Waals surface area contributed by atoms with Crippen LogP contribution in [0.5, 0.6) is 0 Å². The van der Waals surface area contributed by atoms with E-state index in [1.807, 2.05) is 6.07 Å². The molecule has 20 heavy (non-hydrogen) atoms. The summed E-state index contributed by atoms with van der Waals surface area (Å²) in [5.41, 5.74) is 6.98. The van der Waals surface area contributed by atoms with E-state index in [1.165, 1.54) is 7.05 Å². The first kappa shape index (κ1) is 15.1. The summed E-state index contributed by atoms with van der Waals surface area (Å²) in [4.78, 5) is 2.50. The van der Waals surface area contributed by atoms with E-state index in [1.54, 1.807) is 12.1 Å². The SMILES string of the molecule is CCC1CCC(C)N1c1ccc(N)cc1S(=O)(=O)NC. The molecule has 0 radical (unpaired) electrons. The van der Waals surface area contributed by atoms with E-state index in [4.69, 9.17) is 5.73 Å². The number of anilines is 2. The third-order valence-corrected chi connectivity index (χ3v) is 5.52. The Morgan fingerprint density at radius 3 is 2.70 bits per heavy atom. The Balaban J connectivity index is 2.57. The first-order valence-corrected chi connectivity index (χ1v) is 8.50. The van der Waals surface area contributed by atoms with Crippen molar-refractivity contribution < 1.29 is 8.42 Å². The molecule has 0 aromatic heterocycles. The summed E-state index contributed by atoms with van der Waals surface area (Å²) >= 11 is 0. The zero-order valence-electron chi connectivity index (χ0n) is 12.3. The summed E-state index contributed by atoms with van der Waals surface area (Å²) in [7, 11) is -2.09. The molecule has 1 aromatic carbocycles. The van der Waals surface area contributed by atoms with Crippen molar-refractivity contribution in [3.05, 3.63) is 18.2 Å². The van der Waals surface area contributed by atoms with E-state index in [0.29, 0.717) is 17.8 Å². The zero-order chi connectivity index (χ0) is 14.9. The van der Waals surface area contributed by atoms with Gasteiger partial charge in [0.05, 0.1) is 5.69 Å². The molecule has 3 N–H and O–H groups in total. The van der Waals surface area contributed by atoms with Crippen LogP contribution in [0.15, 0.2) is 23.1 Å². The third kappa shape index (κ3) is 2.62. The molecule has 1 fully saturated rings. The lowest BCUT2D eigenvalue weighted by molar-refractivity contribution is 0.584. The van der Waals surface area contributed by atoms with Crippen LogP contribution < -0.4 is 15.4 Å². The molecular formula is C14H23N3O2S. The summed E-state index contributed by atoms with van der Waals surface area (Å²) in [5, 5.41) is 0. The van der Waals surface area contributed by atoms with Crippen LogP contribution in [-0.4, -0.2) is 27.5 Å². The van der Waals surface area contributed by atoms with Crippen molar-refractivity contribution in [1.82, 2.24) is 4.72 Å². The van der Waals surface area contributed by atoms with Gasteiger partial charge in [0, 0.05) is 17.8 Å². The molecule has 0 spiro atoms. The van der Waals surface area contributed by atoms with E-state index in [-0.39, 0.29) is 4.90 Å². The Kier molecular flexibility index (Phi) is 4.25. The molecular weight excluding hydrogens is 274 g/mol. The first-order chi connectivity index (χ1) is 9.40. The van der Waals surface area contributed by atoms with Crippen molar-refractivity contribution >= 4 is 21.4 Å². The maximum Gasteiger partial charge on any atom is 0.242 e. The summed E-state index contributed by atoms with van der Waals surface area (Å²) < 4.78 is 26.9. The van der Waals surface area contributed by atoms with E-state index >= 15 is 0 Å². The van der Waals surface area contributed by atoms with E-state index in [2.05, 4.69) is 23.5 Å². The molecule has 1 aromatic rings. The molecule has 112 valence electrons. The maximum absolute atomic E-state index is 12.2. The van der Waals surface area contributed by atoms with Gasteiger partial charge in [-0.1, -0.05) is 6.92 Å². The fourth-order valence-corrected chi connectivity index (χ4v) is 3.94. The Morgan fingerprint density at radius 1 is 1.40 bits per heavy atom. The summed E-state index contributed by atoms with van der Waals surface area (Å²) in [6.45, 7) is 4.28. The van der Waals surface area contributed by atoms with Crippen LogP contribution in [0.3, 0.4) is 0 Å². The van der Waals surface area contributed by atoms with Gasteiger partial charge in [0.25, 0.3) is 0 Å². The van der Waals surface area contributed by atoms with Gasteiger partial charge in [0.2, 0.25) is 10.0 Å². The molecule has 2 rings (SSSR count). The highest BCUT2D eigenvalue weighted by Crippen LogP contribution is 2.36. The molecule has 5 nitrogen and oxygen atoms in total. The van der Waals surface area contributed by atoms with Crippen LogP contribution in [0.1, 0.15) is 33.1 Å². The first-order valence-electron chi connectivity index (χ1n) is 7.02. The number of benzene rings is 1. The Labute approximate surface area is 121 Å². The van der Waals surface area contributed by atoms with Gasteiger partial charge in [0.15, 0.2) is 0 Å². The fourth-order valence-electron chi connectivity index (χ4n) is 2.98. The smallest absolute Gasteiger partial charge is 0.242 e. The van der Waals surface area contributed by atoms with Crippen LogP contribution in [0, 0.1) is 0 Å². The third-order valence-electron chi connectivity index (χ3n) is 4.08. The molecule has 0 aliphatic carbocycles. The minimum atomic E-state index is -3.52. The van der Waals surface area contributed by atoms with Gasteiger partial charge in [-0.2, -0.15) is 0 Å². The number of nitrogens with zero attached hydrogens (tertiary/aromatic N) is 1. The van der Waals surface area contributed by atoms with Gasteiger partial charge in [-0.25, -0.2) is 13.1 Å². The molecule has 1 heterocycles. The highest BCUT2D eigenvalue weighted by atomic mass is 32.2. The number of sulfonamides is 1. The maximum atomic E-state index is 12.2. The topological polar surface area (TPSA) is 75.4 Å². The molecule has 2 atom stereocenters. The van der Waals surface area contributed by atoms with Crippen molar-refractivity contribution in [2.24, 2.45) is 0 Å². The van der Waals surface area contributed by atoms with Gasteiger partial charge in [0.1, 0.15) is 4.90 Å². The highest BCUT2D eigenvalue weighted by molar-refractivity contribution is 7.89. The van der Waals surface area contributed by atoms with Crippen LogP contribution >= 0.6 is 0 Å². The second-order valence-corrected chi connectivity index (χ2v) is 7.19. The van der Waals surface area contributed by atoms with Crippen molar-refractivity contribution in [2.45, 2.75) is 50.1 Å². The molecule has 1 aliphatic heterocycles. The standard InChI is InChI=1S/C14H23N3O2S/c1-4-12-7-5-10(2)17(12)13-8-6-11(15)9-14(13)20(18,19)16-3/h6,8-10,12,16H,4-5,7,15H2,1-3H3. The number of nitrogens with two attached hydrogens (primary N) is 1. The normalized spacial score (nSPS) is 23.2. The Hall–Kier alpha value is -1.27. The number of nitrogen functional groups attached to an aromatic ring is 1. The van der Waals surface area contributed by atoms with Crippen LogP contribution in [0.4, 0.5) is 11.4 Å². The van der Waals surface area contributed by atoms with E-state index in [0.717, 1.165) is 24.9 Å². The number of rotatable bonds is 4. The summed E-state index contributed by atoms with van der Waals surface area (Å²) in [5.74, 6) is 0. The van der Waals surface area contributed by atoms with Crippen molar-refractivity contribution in [3.8, 4) is 0 Å². The molecule has 1 saturated heterocycles. The van der Waals surface area contributed by atoms with Crippen molar-refractivity contribution in [1.29, 1.82) is 0 Å².